The number of rotatable bonds is 4. The average Bonchev–Trinajstić information content (AvgIpc) is 3.45. The van der Waals surface area contributed by atoms with Crippen LogP contribution in [0, 0.1) is 0 Å². The summed E-state index contributed by atoms with van der Waals surface area (Å²) in [6.07, 6.45) is 0. The molecule has 3 nitrogen and oxygen atoms in total. The monoisotopic (exact) mass is 577 g/mol. The number of hydrogen-bond donors (Lipinski definition) is 0. The number of para-hydroxylation sites is 3. The lowest BCUT2D eigenvalue weighted by Crippen LogP contribution is -1.98. The van der Waals surface area contributed by atoms with Crippen LogP contribution in [-0.2, 0) is 0 Å². The molecule has 9 rings (SSSR count). The molecule has 0 saturated carbocycles. The minimum absolute atomic E-state index is 0.722. The first-order valence-electron chi connectivity index (χ1n) is 15.2. The Balaban J connectivity index is 1.21. The maximum atomic E-state index is 6.23. The fraction of sp³-hybridized carbons (Fsp3) is 0. The van der Waals surface area contributed by atoms with Gasteiger partial charge in [0.2, 0.25) is 0 Å². The molecule has 7 aromatic carbocycles. The highest BCUT2D eigenvalue weighted by Crippen LogP contribution is 2.47. The highest BCUT2D eigenvalue weighted by Gasteiger charge is 2.20. The van der Waals surface area contributed by atoms with E-state index in [-0.39, 0.29) is 0 Å². The Morgan fingerprint density at radius 3 is 1.56 bits per heavy atom. The van der Waals surface area contributed by atoms with Crippen molar-refractivity contribution in [1.29, 1.82) is 0 Å². The van der Waals surface area contributed by atoms with Crippen LogP contribution in [-0.4, -0.2) is 4.57 Å². The minimum atomic E-state index is 0.722. The number of hydrogen-bond acceptors (Lipinski definition) is 2. The SMILES string of the molecule is c1ccc(-c2cc(-c3ccccc3)cc(-n3c4ccccc4c4cc(-c5ccc6c(c5)Oc5ccccc5O6)ccc43)c2)cc1. The molecule has 0 aliphatic carbocycles. The molecule has 2 heterocycles. The first-order valence-corrected chi connectivity index (χ1v) is 15.2. The highest BCUT2D eigenvalue weighted by molar-refractivity contribution is 6.10. The molecule has 0 atom stereocenters. The third-order valence-corrected chi connectivity index (χ3v) is 8.63. The van der Waals surface area contributed by atoms with Gasteiger partial charge in [-0.2, -0.15) is 0 Å². The predicted octanol–water partition coefficient (Wildman–Crippen LogP) is 11.7. The molecule has 212 valence electrons. The van der Waals surface area contributed by atoms with Crippen LogP contribution >= 0.6 is 0 Å². The number of nitrogens with zero attached hydrogens (tertiary/aromatic N) is 1. The number of aromatic nitrogens is 1. The number of benzene rings is 7. The second kappa shape index (κ2) is 10.3. The summed E-state index contributed by atoms with van der Waals surface area (Å²) in [7, 11) is 0. The predicted molar refractivity (Wildman–Crippen MR) is 184 cm³/mol. The Hall–Kier alpha value is -6.06. The molecular weight excluding hydrogens is 550 g/mol. The topological polar surface area (TPSA) is 23.4 Å². The van der Waals surface area contributed by atoms with Gasteiger partial charge in [0.1, 0.15) is 0 Å². The van der Waals surface area contributed by atoms with E-state index in [9.17, 15) is 0 Å². The second-order valence-corrected chi connectivity index (χ2v) is 11.4. The molecule has 8 aromatic rings. The molecule has 0 fully saturated rings. The van der Waals surface area contributed by atoms with Gasteiger partial charge in [0, 0.05) is 16.5 Å². The second-order valence-electron chi connectivity index (χ2n) is 11.4. The van der Waals surface area contributed by atoms with Crippen LogP contribution in [0.3, 0.4) is 0 Å². The van der Waals surface area contributed by atoms with E-state index in [0.29, 0.717) is 0 Å². The Bertz CT molecular complexity index is 2310. The summed E-state index contributed by atoms with van der Waals surface area (Å²) in [4.78, 5) is 0. The third kappa shape index (κ3) is 4.37. The molecule has 0 bridgehead atoms. The van der Waals surface area contributed by atoms with Crippen molar-refractivity contribution in [3.05, 3.63) is 164 Å². The minimum Gasteiger partial charge on any atom is -0.450 e. The third-order valence-electron chi connectivity index (χ3n) is 8.63. The molecule has 0 saturated heterocycles. The maximum absolute atomic E-state index is 6.23. The summed E-state index contributed by atoms with van der Waals surface area (Å²) < 4.78 is 14.7. The van der Waals surface area contributed by atoms with Gasteiger partial charge in [0.05, 0.1) is 11.0 Å². The van der Waals surface area contributed by atoms with Crippen molar-refractivity contribution in [1.82, 2.24) is 4.57 Å². The average molecular weight is 578 g/mol. The zero-order valence-electron chi connectivity index (χ0n) is 24.4. The van der Waals surface area contributed by atoms with E-state index in [1.165, 1.54) is 38.5 Å². The summed E-state index contributed by atoms with van der Waals surface area (Å²) in [5.41, 5.74) is 10.4. The van der Waals surface area contributed by atoms with E-state index >= 15 is 0 Å². The molecule has 1 aliphatic rings. The van der Waals surface area contributed by atoms with Gasteiger partial charge in [0.25, 0.3) is 0 Å². The molecule has 0 radical (unpaired) electrons. The maximum Gasteiger partial charge on any atom is 0.170 e. The first kappa shape index (κ1) is 25.4. The summed E-state index contributed by atoms with van der Waals surface area (Å²) in [6, 6.07) is 57.5. The molecular formula is C42H27NO2. The fourth-order valence-electron chi connectivity index (χ4n) is 6.47. The molecule has 0 unspecified atom stereocenters. The molecule has 0 spiro atoms. The normalized spacial score (nSPS) is 11.9. The van der Waals surface area contributed by atoms with Gasteiger partial charge in [-0.05, 0) is 94.0 Å². The van der Waals surface area contributed by atoms with Crippen LogP contribution in [0.15, 0.2) is 164 Å². The fourth-order valence-corrected chi connectivity index (χ4v) is 6.47. The Kier molecular flexibility index (Phi) is 5.82. The quantitative estimate of drug-likeness (QED) is 0.208. The Morgan fingerprint density at radius 1 is 0.311 bits per heavy atom. The number of fused-ring (bicyclic) bond motifs is 5. The molecule has 3 heteroatoms. The molecule has 1 aromatic heterocycles. The lowest BCUT2D eigenvalue weighted by Gasteiger charge is -2.21. The number of ether oxygens (including phenoxy) is 2. The van der Waals surface area contributed by atoms with Crippen molar-refractivity contribution in [3.8, 4) is 62.1 Å². The Labute approximate surface area is 261 Å². The van der Waals surface area contributed by atoms with Gasteiger partial charge < -0.3 is 14.0 Å². The van der Waals surface area contributed by atoms with Crippen molar-refractivity contribution < 1.29 is 9.47 Å². The molecule has 45 heavy (non-hydrogen) atoms. The van der Waals surface area contributed by atoms with E-state index in [2.05, 4.69) is 138 Å². The van der Waals surface area contributed by atoms with Crippen molar-refractivity contribution in [2.45, 2.75) is 0 Å². The van der Waals surface area contributed by atoms with Gasteiger partial charge in [-0.25, -0.2) is 0 Å². The van der Waals surface area contributed by atoms with E-state index < -0.39 is 0 Å². The standard InChI is InChI=1S/C42H27NO2/c1-3-11-28(12-4-1)32-23-33(29-13-5-2-6-14-29)25-34(24-32)43-37-16-8-7-15-35(37)36-26-30(19-21-38(36)43)31-20-22-41-42(27-31)45-40-18-10-9-17-39(40)44-41/h1-27H. The van der Waals surface area contributed by atoms with Gasteiger partial charge in [0.15, 0.2) is 23.0 Å². The van der Waals surface area contributed by atoms with Crippen LogP contribution in [0.25, 0.3) is 60.9 Å². The zero-order chi connectivity index (χ0) is 29.7. The lowest BCUT2D eigenvalue weighted by molar-refractivity contribution is 0.360. The smallest absolute Gasteiger partial charge is 0.170 e. The van der Waals surface area contributed by atoms with E-state index in [1.54, 1.807) is 0 Å². The molecule has 0 N–H and O–H groups in total. The van der Waals surface area contributed by atoms with Crippen molar-refractivity contribution >= 4 is 21.8 Å². The van der Waals surface area contributed by atoms with Gasteiger partial charge in [-0.1, -0.05) is 103 Å². The van der Waals surface area contributed by atoms with E-state index in [4.69, 9.17) is 9.47 Å². The van der Waals surface area contributed by atoms with E-state index in [1.807, 2.05) is 30.3 Å². The summed E-state index contributed by atoms with van der Waals surface area (Å²) >= 11 is 0. The van der Waals surface area contributed by atoms with E-state index in [0.717, 1.165) is 45.3 Å². The molecule has 0 amide bonds. The van der Waals surface area contributed by atoms with Crippen LogP contribution < -0.4 is 9.47 Å². The molecule has 1 aliphatic heterocycles. The van der Waals surface area contributed by atoms with Crippen LogP contribution in [0.2, 0.25) is 0 Å². The highest BCUT2D eigenvalue weighted by atomic mass is 16.6. The summed E-state index contributed by atoms with van der Waals surface area (Å²) in [6.45, 7) is 0. The Morgan fingerprint density at radius 2 is 0.844 bits per heavy atom. The van der Waals surface area contributed by atoms with Gasteiger partial charge >= 0.3 is 0 Å². The first-order chi connectivity index (χ1) is 22.3. The van der Waals surface area contributed by atoms with Crippen LogP contribution in [0.5, 0.6) is 23.0 Å². The van der Waals surface area contributed by atoms with Gasteiger partial charge in [-0.3, -0.25) is 0 Å². The van der Waals surface area contributed by atoms with Crippen molar-refractivity contribution in [3.63, 3.8) is 0 Å². The van der Waals surface area contributed by atoms with Crippen molar-refractivity contribution in [2.24, 2.45) is 0 Å². The summed E-state index contributed by atoms with van der Waals surface area (Å²) in [5, 5.41) is 2.42. The van der Waals surface area contributed by atoms with Crippen LogP contribution in [0.4, 0.5) is 0 Å². The largest absolute Gasteiger partial charge is 0.450 e. The van der Waals surface area contributed by atoms with Gasteiger partial charge in [-0.15, -0.1) is 0 Å². The lowest BCUT2D eigenvalue weighted by atomic mass is 9.98. The summed E-state index contributed by atoms with van der Waals surface area (Å²) in [5.74, 6) is 2.91. The van der Waals surface area contributed by atoms with Crippen LogP contribution in [0.1, 0.15) is 0 Å². The van der Waals surface area contributed by atoms with Crippen molar-refractivity contribution in [2.75, 3.05) is 0 Å². The zero-order valence-corrected chi connectivity index (χ0v) is 24.4.